The first-order valence-electron chi connectivity index (χ1n) is 7.63. The van der Waals surface area contributed by atoms with Crippen LogP contribution in [0.2, 0.25) is 0 Å². The number of nitrogens with zero attached hydrogens (tertiary/aromatic N) is 2. The first-order chi connectivity index (χ1) is 10.6. The first-order valence-corrected chi connectivity index (χ1v) is 7.63. The van der Waals surface area contributed by atoms with Crippen LogP contribution in [0.15, 0.2) is 35.0 Å². The van der Waals surface area contributed by atoms with Gasteiger partial charge in [0.25, 0.3) is 0 Å². The van der Waals surface area contributed by atoms with Crippen LogP contribution in [-0.4, -0.2) is 37.3 Å². The van der Waals surface area contributed by atoms with Crippen molar-refractivity contribution in [1.29, 1.82) is 0 Å². The van der Waals surface area contributed by atoms with Crippen LogP contribution in [0.5, 0.6) is 0 Å². The van der Waals surface area contributed by atoms with Gasteiger partial charge in [0, 0.05) is 38.1 Å². The average molecular weight is 307 g/mol. The van der Waals surface area contributed by atoms with E-state index in [0.29, 0.717) is 12.6 Å². The molecule has 1 heterocycles. The van der Waals surface area contributed by atoms with Crippen LogP contribution >= 0.6 is 0 Å². The molecule has 0 spiro atoms. The number of benzene rings is 1. The minimum atomic E-state index is -0.793. The van der Waals surface area contributed by atoms with Crippen molar-refractivity contribution in [3.8, 4) is 0 Å². The van der Waals surface area contributed by atoms with Crippen molar-refractivity contribution < 1.29 is 8.78 Å². The largest absolute Gasteiger partial charge is 0.380 e. The van der Waals surface area contributed by atoms with Crippen molar-refractivity contribution in [1.82, 2.24) is 10.2 Å². The highest BCUT2D eigenvalue weighted by Crippen LogP contribution is 2.16. The molecular formula is C17H23F2N3. The van der Waals surface area contributed by atoms with E-state index in [0.717, 1.165) is 37.2 Å². The van der Waals surface area contributed by atoms with Crippen molar-refractivity contribution >= 4 is 6.21 Å². The molecule has 1 saturated heterocycles. The highest BCUT2D eigenvalue weighted by molar-refractivity contribution is 5.77. The van der Waals surface area contributed by atoms with Crippen LogP contribution in [-0.2, 0) is 6.54 Å². The molecule has 0 amide bonds. The molecule has 1 unspecified atom stereocenters. The van der Waals surface area contributed by atoms with Gasteiger partial charge < -0.3 is 5.32 Å². The Morgan fingerprint density at radius 3 is 2.91 bits per heavy atom. The van der Waals surface area contributed by atoms with Crippen LogP contribution < -0.4 is 5.32 Å². The number of halogens is 2. The molecule has 0 aliphatic carbocycles. The maximum Gasteiger partial charge on any atom is 0.159 e. The lowest BCUT2D eigenvalue weighted by atomic mass is 10.0. The SMILES string of the molecule is C/C=C(\C=NC)NC1CCCN(Cc2ccc(F)c(F)c2)C1. The van der Waals surface area contributed by atoms with Crippen LogP contribution in [0, 0.1) is 11.6 Å². The predicted molar refractivity (Wildman–Crippen MR) is 86.0 cm³/mol. The molecule has 2 rings (SSSR count). The van der Waals surface area contributed by atoms with E-state index < -0.39 is 11.6 Å². The van der Waals surface area contributed by atoms with Crippen LogP contribution in [0.3, 0.4) is 0 Å². The van der Waals surface area contributed by atoms with E-state index in [1.54, 1.807) is 13.1 Å². The van der Waals surface area contributed by atoms with E-state index in [1.165, 1.54) is 12.1 Å². The van der Waals surface area contributed by atoms with Gasteiger partial charge in [0.05, 0.1) is 0 Å². The van der Waals surface area contributed by atoms with Crippen LogP contribution in [0.25, 0.3) is 0 Å². The second-order valence-corrected chi connectivity index (χ2v) is 5.60. The number of hydrogen-bond donors (Lipinski definition) is 1. The Morgan fingerprint density at radius 1 is 1.41 bits per heavy atom. The molecule has 1 atom stereocenters. The summed E-state index contributed by atoms with van der Waals surface area (Å²) in [6, 6.07) is 4.48. The number of hydrogen-bond acceptors (Lipinski definition) is 3. The molecule has 1 fully saturated rings. The van der Waals surface area contributed by atoms with Gasteiger partial charge in [-0.25, -0.2) is 8.78 Å². The molecule has 0 radical (unpaired) electrons. The zero-order chi connectivity index (χ0) is 15.9. The van der Waals surface area contributed by atoms with Crippen molar-refractivity contribution in [3.05, 3.63) is 47.2 Å². The van der Waals surface area contributed by atoms with E-state index in [4.69, 9.17) is 0 Å². The van der Waals surface area contributed by atoms with Crippen molar-refractivity contribution in [2.75, 3.05) is 20.1 Å². The minimum Gasteiger partial charge on any atom is -0.380 e. The summed E-state index contributed by atoms with van der Waals surface area (Å²) >= 11 is 0. The number of rotatable bonds is 5. The van der Waals surface area contributed by atoms with Gasteiger partial charge in [-0.1, -0.05) is 12.1 Å². The van der Waals surface area contributed by atoms with Crippen molar-refractivity contribution in [2.24, 2.45) is 4.99 Å². The molecule has 1 N–H and O–H groups in total. The average Bonchev–Trinajstić information content (AvgIpc) is 2.51. The van der Waals surface area contributed by atoms with Gasteiger partial charge in [0.15, 0.2) is 11.6 Å². The van der Waals surface area contributed by atoms with Crippen LogP contribution in [0.1, 0.15) is 25.3 Å². The molecule has 1 aromatic carbocycles. The standard InChI is InChI=1S/C17H23F2N3/c1-3-14(10-20-2)21-15-5-4-8-22(12-15)11-13-6-7-16(18)17(19)9-13/h3,6-7,9-10,15,21H,4-5,8,11-12H2,1-2H3/b14-3+,20-10?. The molecule has 0 bridgehead atoms. The molecule has 22 heavy (non-hydrogen) atoms. The fourth-order valence-electron chi connectivity index (χ4n) is 2.78. The molecular weight excluding hydrogens is 284 g/mol. The Bertz CT molecular complexity index is 555. The van der Waals surface area contributed by atoms with Gasteiger partial charge in [-0.2, -0.15) is 0 Å². The smallest absolute Gasteiger partial charge is 0.159 e. The maximum absolute atomic E-state index is 13.3. The molecule has 1 aromatic rings. The van der Waals surface area contributed by atoms with Gasteiger partial charge in [-0.3, -0.25) is 9.89 Å². The van der Waals surface area contributed by atoms with E-state index in [9.17, 15) is 8.78 Å². The lowest BCUT2D eigenvalue weighted by Crippen LogP contribution is -2.45. The Balaban J connectivity index is 1.94. The zero-order valence-corrected chi connectivity index (χ0v) is 13.1. The number of nitrogens with one attached hydrogen (secondary N) is 1. The minimum absolute atomic E-state index is 0.350. The van der Waals surface area contributed by atoms with E-state index >= 15 is 0 Å². The highest BCUT2D eigenvalue weighted by atomic mass is 19.2. The van der Waals surface area contributed by atoms with Gasteiger partial charge in [-0.15, -0.1) is 0 Å². The Morgan fingerprint density at radius 2 is 2.23 bits per heavy atom. The quantitative estimate of drug-likeness (QED) is 0.846. The summed E-state index contributed by atoms with van der Waals surface area (Å²) in [5.41, 5.74) is 1.82. The Labute approximate surface area is 130 Å². The number of likely N-dealkylation sites (tertiary alicyclic amines) is 1. The fraction of sp³-hybridized carbons (Fsp3) is 0.471. The molecule has 0 aromatic heterocycles. The molecule has 0 saturated carbocycles. The second kappa shape index (κ2) is 8.03. The summed E-state index contributed by atoms with van der Waals surface area (Å²) < 4.78 is 26.3. The molecule has 1 aliphatic heterocycles. The van der Waals surface area contributed by atoms with Gasteiger partial charge in [-0.05, 0) is 44.0 Å². The Hall–Kier alpha value is -1.75. The van der Waals surface area contributed by atoms with Crippen LogP contribution in [0.4, 0.5) is 8.78 Å². The number of piperidine rings is 1. The van der Waals surface area contributed by atoms with E-state index in [1.807, 2.05) is 19.2 Å². The van der Waals surface area contributed by atoms with E-state index in [-0.39, 0.29) is 0 Å². The summed E-state index contributed by atoms with van der Waals surface area (Å²) in [7, 11) is 1.75. The first kappa shape index (κ1) is 16.6. The van der Waals surface area contributed by atoms with E-state index in [2.05, 4.69) is 15.2 Å². The third-order valence-electron chi connectivity index (χ3n) is 3.85. The fourth-order valence-corrected chi connectivity index (χ4v) is 2.78. The maximum atomic E-state index is 13.3. The van der Waals surface area contributed by atoms with Gasteiger partial charge in [0.2, 0.25) is 0 Å². The van der Waals surface area contributed by atoms with Crippen molar-refractivity contribution in [3.63, 3.8) is 0 Å². The van der Waals surface area contributed by atoms with Gasteiger partial charge in [0.1, 0.15) is 0 Å². The van der Waals surface area contributed by atoms with Gasteiger partial charge >= 0.3 is 0 Å². The molecule has 5 heteroatoms. The third-order valence-corrected chi connectivity index (χ3v) is 3.85. The Kier molecular flexibility index (Phi) is 6.07. The number of allylic oxidation sites excluding steroid dienone is 2. The zero-order valence-electron chi connectivity index (χ0n) is 13.1. The number of aliphatic imine (C=N–C) groups is 1. The third kappa shape index (κ3) is 4.63. The monoisotopic (exact) mass is 307 g/mol. The topological polar surface area (TPSA) is 27.6 Å². The summed E-state index contributed by atoms with van der Waals surface area (Å²) in [5.74, 6) is -1.57. The predicted octanol–water partition coefficient (Wildman–Crippen LogP) is 3.12. The highest BCUT2D eigenvalue weighted by Gasteiger charge is 2.20. The normalized spacial score (nSPS) is 20.5. The lowest BCUT2D eigenvalue weighted by molar-refractivity contribution is 0.189. The summed E-state index contributed by atoms with van der Waals surface area (Å²) in [5, 5.41) is 3.48. The van der Waals surface area contributed by atoms with Crippen molar-refractivity contribution in [2.45, 2.75) is 32.4 Å². The summed E-state index contributed by atoms with van der Waals surface area (Å²) in [6.45, 7) is 4.48. The second-order valence-electron chi connectivity index (χ2n) is 5.60. The summed E-state index contributed by atoms with van der Waals surface area (Å²) in [4.78, 5) is 6.30. The molecule has 3 nitrogen and oxygen atoms in total. The lowest BCUT2D eigenvalue weighted by Gasteiger charge is -2.33. The summed E-state index contributed by atoms with van der Waals surface area (Å²) in [6.07, 6.45) is 6.00. The molecule has 1 aliphatic rings. The molecule has 120 valence electrons.